The number of nitrogens with zero attached hydrogens (tertiary/aromatic N) is 1. The number of piperidine rings is 1. The molecule has 1 fully saturated rings. The third-order valence-corrected chi connectivity index (χ3v) is 7.00. The molecule has 1 aromatic carbocycles. The maximum absolute atomic E-state index is 11.9. The normalized spacial score (nSPS) is 19.6. The van der Waals surface area contributed by atoms with Crippen LogP contribution in [0.5, 0.6) is 0 Å². The molecule has 1 aliphatic heterocycles. The average molecular weight is 490 g/mol. The van der Waals surface area contributed by atoms with Crippen molar-refractivity contribution in [1.82, 2.24) is 4.90 Å². The lowest BCUT2D eigenvalue weighted by Crippen LogP contribution is -2.44. The van der Waals surface area contributed by atoms with E-state index in [0.29, 0.717) is 12.6 Å². The number of allylic oxidation sites excluding steroid dienone is 1. The molecule has 26 heavy (non-hydrogen) atoms. The second-order valence-electron chi connectivity index (χ2n) is 7.36. The van der Waals surface area contributed by atoms with E-state index in [1.165, 1.54) is 5.56 Å². The quantitative estimate of drug-likeness (QED) is 0.369. The second kappa shape index (κ2) is 9.56. The Morgan fingerprint density at radius 1 is 1.38 bits per heavy atom. The fourth-order valence-electron chi connectivity index (χ4n) is 3.76. The van der Waals surface area contributed by atoms with E-state index in [0.717, 1.165) is 41.0 Å². The molecule has 2 unspecified atom stereocenters. The van der Waals surface area contributed by atoms with Crippen molar-refractivity contribution < 1.29 is 9.53 Å². The van der Waals surface area contributed by atoms with Gasteiger partial charge in [-0.05, 0) is 90.1 Å². The first-order valence-corrected chi connectivity index (χ1v) is 10.7. The van der Waals surface area contributed by atoms with Crippen molar-refractivity contribution >= 4 is 40.2 Å². The van der Waals surface area contributed by atoms with Crippen LogP contribution in [0.25, 0.3) is 0 Å². The van der Waals surface area contributed by atoms with Crippen LogP contribution in [0.1, 0.15) is 45.6 Å². The zero-order chi connectivity index (χ0) is 19.3. The van der Waals surface area contributed by atoms with Gasteiger partial charge < -0.3 is 9.64 Å². The third kappa shape index (κ3) is 5.23. The molecule has 144 valence electrons. The lowest BCUT2D eigenvalue weighted by molar-refractivity contribution is -0.149. The van der Waals surface area contributed by atoms with Gasteiger partial charge in [0, 0.05) is 16.5 Å². The summed E-state index contributed by atoms with van der Waals surface area (Å²) in [5.41, 5.74) is 1.14. The summed E-state index contributed by atoms with van der Waals surface area (Å²) in [6, 6.07) is 8.51. The Kier molecular flexibility index (Phi) is 7.98. The fourth-order valence-corrected chi connectivity index (χ4v) is 4.42. The molecule has 5 heteroatoms. The molecule has 0 aromatic heterocycles. The Hall–Kier alpha value is -0.590. The Bertz CT molecular complexity index is 625. The van der Waals surface area contributed by atoms with E-state index in [-0.39, 0.29) is 17.3 Å². The molecule has 0 amide bonds. The first kappa shape index (κ1) is 21.7. The lowest BCUT2D eigenvalue weighted by Gasteiger charge is -2.40. The van der Waals surface area contributed by atoms with Crippen LogP contribution in [-0.4, -0.2) is 36.6 Å². The van der Waals surface area contributed by atoms with Gasteiger partial charge in [0.05, 0.1) is 12.5 Å². The standard InChI is InChI=1S/C21H29ClINO2/c1-5-26-20(25)17-10-12-24(13-11-17)15(2)14-21(4,16(3)23)18-6-8-19(22)9-7-18/h6-9,15,17H,3,5,10-14H2,1-2,4H3. The van der Waals surface area contributed by atoms with Crippen LogP contribution < -0.4 is 0 Å². The van der Waals surface area contributed by atoms with E-state index in [2.05, 4.69) is 60.0 Å². The third-order valence-electron chi connectivity index (χ3n) is 5.56. The average Bonchev–Trinajstić information content (AvgIpc) is 2.62. The smallest absolute Gasteiger partial charge is 0.309 e. The summed E-state index contributed by atoms with van der Waals surface area (Å²) in [6.07, 6.45) is 2.75. The number of carbonyl (C=O) groups excluding carboxylic acids is 1. The molecular weight excluding hydrogens is 461 g/mol. The van der Waals surface area contributed by atoms with Gasteiger partial charge in [0.15, 0.2) is 0 Å². The molecule has 0 bridgehead atoms. The maximum atomic E-state index is 11.9. The van der Waals surface area contributed by atoms with E-state index in [1.807, 2.05) is 19.1 Å². The van der Waals surface area contributed by atoms with E-state index < -0.39 is 0 Å². The number of ether oxygens (including phenoxy) is 1. The van der Waals surface area contributed by atoms with E-state index in [4.69, 9.17) is 16.3 Å². The van der Waals surface area contributed by atoms with E-state index in [9.17, 15) is 4.79 Å². The van der Waals surface area contributed by atoms with Crippen LogP contribution >= 0.6 is 34.2 Å². The topological polar surface area (TPSA) is 29.5 Å². The molecule has 3 nitrogen and oxygen atoms in total. The number of rotatable bonds is 7. The predicted molar refractivity (Wildman–Crippen MR) is 117 cm³/mol. The predicted octanol–water partition coefficient (Wildman–Crippen LogP) is 5.60. The van der Waals surface area contributed by atoms with Gasteiger partial charge in [0.25, 0.3) is 0 Å². The minimum Gasteiger partial charge on any atom is -0.466 e. The van der Waals surface area contributed by atoms with Crippen molar-refractivity contribution in [3.8, 4) is 0 Å². The summed E-state index contributed by atoms with van der Waals surface area (Å²) in [5.74, 6) is 0.0204. The number of hydrogen-bond donors (Lipinski definition) is 0. The molecule has 0 aliphatic carbocycles. The van der Waals surface area contributed by atoms with Gasteiger partial charge in [-0.15, -0.1) is 0 Å². The lowest BCUT2D eigenvalue weighted by atomic mass is 9.77. The van der Waals surface area contributed by atoms with E-state index in [1.54, 1.807) is 0 Å². The summed E-state index contributed by atoms with van der Waals surface area (Å²) in [4.78, 5) is 14.4. The molecule has 0 N–H and O–H groups in total. The molecule has 1 aromatic rings. The second-order valence-corrected chi connectivity index (χ2v) is 9.10. The summed E-state index contributed by atoms with van der Waals surface area (Å²) < 4.78 is 6.31. The van der Waals surface area contributed by atoms with Gasteiger partial charge in [-0.1, -0.05) is 37.2 Å². The SMILES string of the molecule is C=C(I)C(C)(CC(C)N1CCC(C(=O)OCC)CC1)c1ccc(Cl)cc1. The highest BCUT2D eigenvalue weighted by molar-refractivity contribution is 14.1. The molecular formula is C21H29ClINO2. The Morgan fingerprint density at radius 2 is 1.96 bits per heavy atom. The first-order chi connectivity index (χ1) is 12.3. The van der Waals surface area contributed by atoms with Crippen LogP contribution in [0.3, 0.4) is 0 Å². The Labute approximate surface area is 176 Å². The molecule has 0 spiro atoms. The molecule has 1 aliphatic rings. The minimum absolute atomic E-state index is 0.0357. The molecule has 0 saturated carbocycles. The number of halogens is 2. The fraction of sp³-hybridized carbons (Fsp3) is 0.571. The van der Waals surface area contributed by atoms with Gasteiger partial charge in [-0.25, -0.2) is 0 Å². The van der Waals surface area contributed by atoms with E-state index >= 15 is 0 Å². The van der Waals surface area contributed by atoms with Crippen LogP contribution in [0, 0.1) is 5.92 Å². The van der Waals surface area contributed by atoms with Gasteiger partial charge in [-0.2, -0.15) is 0 Å². The number of esters is 1. The highest BCUT2D eigenvalue weighted by Crippen LogP contribution is 2.40. The van der Waals surface area contributed by atoms with Gasteiger partial charge in [-0.3, -0.25) is 4.79 Å². The van der Waals surface area contributed by atoms with Crippen molar-refractivity contribution in [2.45, 2.75) is 51.5 Å². The molecule has 0 radical (unpaired) electrons. The molecule has 2 atom stereocenters. The van der Waals surface area contributed by atoms with Crippen LogP contribution in [0.2, 0.25) is 5.02 Å². The van der Waals surface area contributed by atoms with Gasteiger partial charge in [0.2, 0.25) is 0 Å². The maximum Gasteiger partial charge on any atom is 0.309 e. The minimum atomic E-state index is -0.109. The van der Waals surface area contributed by atoms with Crippen LogP contribution in [0.4, 0.5) is 0 Å². The number of benzene rings is 1. The summed E-state index contributed by atoms with van der Waals surface area (Å²) in [7, 11) is 0. The van der Waals surface area contributed by atoms with Crippen LogP contribution in [-0.2, 0) is 14.9 Å². The first-order valence-electron chi connectivity index (χ1n) is 9.29. The van der Waals surface area contributed by atoms with Crippen molar-refractivity contribution in [2.24, 2.45) is 5.92 Å². The van der Waals surface area contributed by atoms with Crippen molar-refractivity contribution in [2.75, 3.05) is 19.7 Å². The monoisotopic (exact) mass is 489 g/mol. The molecule has 1 saturated heterocycles. The van der Waals surface area contributed by atoms with Crippen molar-refractivity contribution in [1.29, 1.82) is 0 Å². The summed E-state index contributed by atoms with van der Waals surface area (Å²) >= 11 is 8.41. The van der Waals surface area contributed by atoms with Crippen molar-refractivity contribution in [3.05, 3.63) is 45.0 Å². The summed E-state index contributed by atoms with van der Waals surface area (Å²) in [6.45, 7) is 13.0. The van der Waals surface area contributed by atoms with Crippen molar-refractivity contribution in [3.63, 3.8) is 0 Å². The number of hydrogen-bond acceptors (Lipinski definition) is 3. The number of likely N-dealkylation sites (tertiary alicyclic amines) is 1. The van der Waals surface area contributed by atoms with Crippen LogP contribution in [0.15, 0.2) is 34.4 Å². The van der Waals surface area contributed by atoms with Gasteiger partial charge in [0.1, 0.15) is 0 Å². The largest absolute Gasteiger partial charge is 0.466 e. The molecule has 2 rings (SSSR count). The van der Waals surface area contributed by atoms with Gasteiger partial charge >= 0.3 is 5.97 Å². The molecule has 1 heterocycles. The Morgan fingerprint density at radius 3 is 2.46 bits per heavy atom. The zero-order valence-corrected chi connectivity index (χ0v) is 18.8. The number of carbonyl (C=O) groups is 1. The highest BCUT2D eigenvalue weighted by atomic mass is 127. The highest BCUT2D eigenvalue weighted by Gasteiger charge is 2.34. The summed E-state index contributed by atoms with van der Waals surface area (Å²) in [5, 5.41) is 0.754. The Balaban J connectivity index is 2.02. The zero-order valence-electron chi connectivity index (χ0n) is 15.9.